The van der Waals surface area contributed by atoms with Gasteiger partial charge in [-0.2, -0.15) is 18.3 Å². The van der Waals surface area contributed by atoms with Crippen molar-refractivity contribution in [2.75, 3.05) is 25.1 Å². The first-order valence-corrected chi connectivity index (χ1v) is 9.36. The number of aromatic amines is 1. The standard InChI is InChI=1S/C21H18F4N4O2/c1-31-17-7-13(6-15(22)8-17)12-28-4-5-29(20(28)30)16-2-3-18(14-10-26-27-11-14)19(9-16)21(23,24)25/h2-3,6-11H,4-5,12H2,1H3,(H,26,27). The van der Waals surface area contributed by atoms with Gasteiger partial charge in [0.2, 0.25) is 0 Å². The van der Waals surface area contributed by atoms with Crippen LogP contribution in [0, 0.1) is 5.82 Å². The van der Waals surface area contributed by atoms with E-state index in [1.54, 1.807) is 6.07 Å². The number of rotatable bonds is 5. The second kappa shape index (κ2) is 7.93. The van der Waals surface area contributed by atoms with Crippen molar-refractivity contribution in [1.29, 1.82) is 0 Å². The van der Waals surface area contributed by atoms with Crippen LogP contribution < -0.4 is 9.64 Å². The highest BCUT2D eigenvalue weighted by molar-refractivity contribution is 5.94. The Hall–Kier alpha value is -3.56. The average Bonchev–Trinajstić information content (AvgIpc) is 3.37. The lowest BCUT2D eigenvalue weighted by Gasteiger charge is -2.21. The van der Waals surface area contributed by atoms with E-state index in [0.29, 0.717) is 23.4 Å². The normalized spacial score (nSPS) is 14.4. The van der Waals surface area contributed by atoms with Crippen molar-refractivity contribution >= 4 is 11.7 Å². The molecule has 0 spiro atoms. The minimum atomic E-state index is -4.61. The molecule has 1 fully saturated rings. The van der Waals surface area contributed by atoms with Crippen molar-refractivity contribution in [3.63, 3.8) is 0 Å². The van der Waals surface area contributed by atoms with Gasteiger partial charge >= 0.3 is 12.2 Å². The highest BCUT2D eigenvalue weighted by Gasteiger charge is 2.36. The van der Waals surface area contributed by atoms with Crippen LogP contribution in [0.1, 0.15) is 11.1 Å². The van der Waals surface area contributed by atoms with Crippen LogP contribution in [0.4, 0.5) is 28.0 Å². The summed E-state index contributed by atoms with van der Waals surface area (Å²) in [7, 11) is 1.41. The van der Waals surface area contributed by atoms with Crippen molar-refractivity contribution < 1.29 is 27.1 Å². The number of H-pyrrole nitrogens is 1. The highest BCUT2D eigenvalue weighted by Crippen LogP contribution is 2.39. The van der Waals surface area contributed by atoms with Crippen LogP contribution in [0.15, 0.2) is 48.8 Å². The molecule has 1 aliphatic heterocycles. The Labute approximate surface area is 175 Å². The molecule has 0 atom stereocenters. The van der Waals surface area contributed by atoms with Gasteiger partial charge in [-0.15, -0.1) is 0 Å². The van der Waals surface area contributed by atoms with Gasteiger partial charge < -0.3 is 9.64 Å². The summed E-state index contributed by atoms with van der Waals surface area (Å²) in [5.41, 5.74) is 0.0865. The molecule has 4 rings (SSSR count). The van der Waals surface area contributed by atoms with Gasteiger partial charge in [0.1, 0.15) is 11.6 Å². The molecule has 2 amide bonds. The zero-order valence-electron chi connectivity index (χ0n) is 16.4. The number of anilines is 1. The zero-order valence-corrected chi connectivity index (χ0v) is 16.4. The van der Waals surface area contributed by atoms with Gasteiger partial charge in [-0.3, -0.25) is 10.00 Å². The molecule has 3 aromatic rings. The van der Waals surface area contributed by atoms with Gasteiger partial charge in [-0.05, 0) is 35.4 Å². The van der Waals surface area contributed by atoms with Crippen LogP contribution in [0.3, 0.4) is 0 Å². The molecular weight excluding hydrogens is 416 g/mol. The Kier molecular flexibility index (Phi) is 5.30. The molecule has 0 aliphatic carbocycles. The Bertz CT molecular complexity index is 1100. The van der Waals surface area contributed by atoms with Gasteiger partial charge in [0.25, 0.3) is 0 Å². The van der Waals surface area contributed by atoms with E-state index >= 15 is 0 Å². The maximum Gasteiger partial charge on any atom is 0.417 e. The molecule has 1 aliphatic rings. The third-order valence-corrected chi connectivity index (χ3v) is 5.06. The van der Waals surface area contributed by atoms with Crippen molar-refractivity contribution in [3.05, 3.63) is 65.7 Å². The number of aromatic nitrogens is 2. The number of nitrogens with one attached hydrogen (secondary N) is 1. The van der Waals surface area contributed by atoms with E-state index in [1.165, 1.54) is 53.6 Å². The number of carbonyl (C=O) groups excluding carboxylic acids is 1. The minimum absolute atomic E-state index is 0.0274. The first kappa shape index (κ1) is 20.7. The molecule has 162 valence electrons. The fourth-order valence-electron chi connectivity index (χ4n) is 3.60. The van der Waals surface area contributed by atoms with E-state index in [1.807, 2.05) is 0 Å². The zero-order chi connectivity index (χ0) is 22.2. The molecule has 2 aromatic carbocycles. The smallest absolute Gasteiger partial charge is 0.417 e. The summed E-state index contributed by atoms with van der Waals surface area (Å²) in [5, 5.41) is 6.20. The Morgan fingerprint density at radius 2 is 1.97 bits per heavy atom. The number of urea groups is 1. The molecule has 31 heavy (non-hydrogen) atoms. The number of amides is 2. The van der Waals surface area contributed by atoms with Crippen molar-refractivity contribution in [2.24, 2.45) is 0 Å². The SMILES string of the molecule is COc1cc(F)cc(CN2CCN(c3ccc(-c4cn[nH]c4)c(C(F)(F)F)c3)C2=O)c1. The van der Waals surface area contributed by atoms with Crippen LogP contribution in [-0.2, 0) is 12.7 Å². The third-order valence-electron chi connectivity index (χ3n) is 5.06. The Morgan fingerprint density at radius 3 is 2.65 bits per heavy atom. The number of alkyl halides is 3. The van der Waals surface area contributed by atoms with E-state index < -0.39 is 23.6 Å². The number of carbonyl (C=O) groups is 1. The summed E-state index contributed by atoms with van der Waals surface area (Å²) >= 11 is 0. The third kappa shape index (κ3) is 4.18. The fourth-order valence-corrected chi connectivity index (χ4v) is 3.60. The van der Waals surface area contributed by atoms with Gasteiger partial charge in [-0.1, -0.05) is 6.07 Å². The molecule has 1 N–H and O–H groups in total. The molecule has 6 nitrogen and oxygen atoms in total. The number of nitrogens with zero attached hydrogens (tertiary/aromatic N) is 3. The number of methoxy groups -OCH3 is 1. The lowest BCUT2D eigenvalue weighted by atomic mass is 10.0. The summed E-state index contributed by atoms with van der Waals surface area (Å²) in [5.74, 6) is -0.175. The Morgan fingerprint density at radius 1 is 1.16 bits per heavy atom. The quantitative estimate of drug-likeness (QED) is 0.593. The van der Waals surface area contributed by atoms with Gasteiger partial charge in [0, 0.05) is 43.1 Å². The van der Waals surface area contributed by atoms with E-state index in [2.05, 4.69) is 10.2 Å². The summed E-state index contributed by atoms with van der Waals surface area (Å²) in [6, 6.07) is 7.45. The van der Waals surface area contributed by atoms with Gasteiger partial charge in [0.05, 0.1) is 18.9 Å². The molecule has 0 radical (unpaired) electrons. The highest BCUT2D eigenvalue weighted by atomic mass is 19.4. The van der Waals surface area contributed by atoms with Crippen LogP contribution in [0.25, 0.3) is 11.1 Å². The van der Waals surface area contributed by atoms with E-state index in [0.717, 1.165) is 6.07 Å². The van der Waals surface area contributed by atoms with Crippen LogP contribution in [-0.4, -0.2) is 41.3 Å². The van der Waals surface area contributed by atoms with E-state index in [9.17, 15) is 22.4 Å². The summed E-state index contributed by atoms with van der Waals surface area (Å²) in [6.45, 7) is 0.624. The van der Waals surface area contributed by atoms with Crippen LogP contribution in [0.2, 0.25) is 0 Å². The second-order valence-electron chi connectivity index (χ2n) is 7.07. The van der Waals surface area contributed by atoms with E-state index in [-0.39, 0.29) is 24.3 Å². The predicted octanol–water partition coefficient (Wildman–Crippen LogP) is 4.69. The summed E-state index contributed by atoms with van der Waals surface area (Å²) in [6.07, 6.45) is -1.93. The van der Waals surface area contributed by atoms with Gasteiger partial charge in [-0.25, -0.2) is 9.18 Å². The summed E-state index contributed by atoms with van der Waals surface area (Å²) in [4.78, 5) is 15.6. The molecule has 0 bridgehead atoms. The molecule has 1 saturated heterocycles. The number of hydrogen-bond acceptors (Lipinski definition) is 3. The number of halogens is 4. The van der Waals surface area contributed by atoms with E-state index in [4.69, 9.17) is 4.74 Å². The maximum atomic E-state index is 13.7. The predicted molar refractivity (Wildman–Crippen MR) is 105 cm³/mol. The number of benzene rings is 2. The minimum Gasteiger partial charge on any atom is -0.497 e. The summed E-state index contributed by atoms with van der Waals surface area (Å²) < 4.78 is 59.8. The van der Waals surface area contributed by atoms with Crippen LogP contribution >= 0.6 is 0 Å². The monoisotopic (exact) mass is 434 g/mol. The van der Waals surface area contributed by atoms with Crippen molar-refractivity contribution in [3.8, 4) is 16.9 Å². The fraction of sp³-hybridized carbons (Fsp3) is 0.238. The molecule has 0 unspecified atom stereocenters. The lowest BCUT2D eigenvalue weighted by Crippen LogP contribution is -2.31. The van der Waals surface area contributed by atoms with Gasteiger partial charge in [0.15, 0.2) is 0 Å². The largest absolute Gasteiger partial charge is 0.497 e. The molecule has 10 heteroatoms. The first-order valence-electron chi connectivity index (χ1n) is 9.36. The Balaban J connectivity index is 1.59. The lowest BCUT2D eigenvalue weighted by molar-refractivity contribution is -0.137. The maximum absolute atomic E-state index is 13.7. The topological polar surface area (TPSA) is 61.5 Å². The number of ether oxygens (including phenoxy) is 1. The van der Waals surface area contributed by atoms with Crippen LogP contribution in [0.5, 0.6) is 5.75 Å². The second-order valence-corrected chi connectivity index (χ2v) is 7.07. The molecule has 2 heterocycles. The van der Waals surface area contributed by atoms with Crippen molar-refractivity contribution in [1.82, 2.24) is 15.1 Å². The average molecular weight is 434 g/mol. The number of hydrogen-bond donors (Lipinski definition) is 1. The van der Waals surface area contributed by atoms with Crippen molar-refractivity contribution in [2.45, 2.75) is 12.7 Å². The molecule has 1 aromatic heterocycles. The first-order chi connectivity index (χ1) is 14.8. The molecular formula is C21H18F4N4O2. The molecule has 0 saturated carbocycles.